The maximum absolute atomic E-state index is 3.47. The number of aryl methyl sites for hydroxylation is 1. The van der Waals surface area contributed by atoms with Crippen LogP contribution in [0.15, 0.2) is 11.4 Å². The molecule has 2 atom stereocenters. The molecule has 1 aliphatic heterocycles. The molecule has 16 heavy (non-hydrogen) atoms. The van der Waals surface area contributed by atoms with E-state index < -0.39 is 0 Å². The van der Waals surface area contributed by atoms with Crippen molar-refractivity contribution >= 4 is 11.3 Å². The molecule has 88 valence electrons. The predicted molar refractivity (Wildman–Crippen MR) is 69.0 cm³/mol. The second kappa shape index (κ2) is 4.47. The molecule has 0 aromatic carbocycles. The molecule has 0 radical (unpaired) electrons. The van der Waals surface area contributed by atoms with Crippen molar-refractivity contribution in [1.29, 1.82) is 0 Å². The molecular weight excluding hydrogens is 216 g/mol. The third kappa shape index (κ3) is 1.81. The second-order valence-corrected chi connectivity index (χ2v) is 6.02. The predicted octanol–water partition coefficient (Wildman–Crippen LogP) is 2.42. The molecular formula is C13H20N2S. The van der Waals surface area contributed by atoms with Gasteiger partial charge in [0.05, 0.1) is 0 Å². The Balaban J connectivity index is 1.80. The Morgan fingerprint density at radius 1 is 1.44 bits per heavy atom. The van der Waals surface area contributed by atoms with E-state index in [0.717, 1.165) is 6.04 Å². The van der Waals surface area contributed by atoms with E-state index in [1.807, 2.05) is 11.3 Å². The van der Waals surface area contributed by atoms with Gasteiger partial charge in [0.2, 0.25) is 0 Å². The smallest absolute Gasteiger partial charge is 0.0359 e. The molecule has 3 rings (SSSR count). The Bertz CT molecular complexity index is 355. The first-order valence-electron chi connectivity index (χ1n) is 6.35. The fourth-order valence-corrected chi connectivity index (χ4v) is 4.11. The molecule has 2 heterocycles. The van der Waals surface area contributed by atoms with E-state index in [0.29, 0.717) is 6.04 Å². The van der Waals surface area contributed by atoms with Crippen molar-refractivity contribution in [1.82, 2.24) is 10.2 Å². The van der Waals surface area contributed by atoms with Crippen LogP contribution in [0.3, 0.4) is 0 Å². The average Bonchev–Trinajstić information content (AvgIpc) is 2.98. The second-order valence-electron chi connectivity index (χ2n) is 5.02. The van der Waals surface area contributed by atoms with E-state index in [2.05, 4.69) is 28.7 Å². The van der Waals surface area contributed by atoms with Crippen molar-refractivity contribution in [2.24, 2.45) is 0 Å². The Labute approximate surface area is 102 Å². The summed E-state index contributed by atoms with van der Waals surface area (Å²) in [6, 6.07) is 3.78. The Kier molecular flexibility index (Phi) is 3.01. The van der Waals surface area contributed by atoms with Crippen molar-refractivity contribution in [2.45, 2.75) is 37.8 Å². The molecule has 1 saturated heterocycles. The van der Waals surface area contributed by atoms with Crippen LogP contribution in [0.5, 0.6) is 0 Å². The largest absolute Gasteiger partial charge is 0.315 e. The lowest BCUT2D eigenvalue weighted by atomic mass is 9.92. The Hall–Kier alpha value is -0.380. The number of nitrogens with one attached hydrogen (secondary N) is 1. The standard InChI is InChI=1S/C13H20N2S/c1-15(10-5-7-14-9-10)12-3-2-4-13-11(12)6-8-16-13/h6,8,10,12,14H,2-5,7,9H2,1H3. The van der Waals surface area contributed by atoms with E-state index in [1.54, 1.807) is 10.4 Å². The van der Waals surface area contributed by atoms with Crippen LogP contribution >= 0.6 is 11.3 Å². The Morgan fingerprint density at radius 3 is 3.19 bits per heavy atom. The van der Waals surface area contributed by atoms with Gasteiger partial charge in [-0.05, 0) is 56.3 Å². The average molecular weight is 236 g/mol. The lowest BCUT2D eigenvalue weighted by Crippen LogP contribution is -2.37. The third-order valence-electron chi connectivity index (χ3n) is 4.12. The maximum atomic E-state index is 3.47. The summed E-state index contributed by atoms with van der Waals surface area (Å²) in [6.45, 7) is 2.37. The summed E-state index contributed by atoms with van der Waals surface area (Å²) in [4.78, 5) is 4.25. The first-order chi connectivity index (χ1) is 7.86. The fourth-order valence-electron chi connectivity index (χ4n) is 3.13. The van der Waals surface area contributed by atoms with Crippen LogP contribution in [0.2, 0.25) is 0 Å². The van der Waals surface area contributed by atoms with Crippen LogP contribution < -0.4 is 5.32 Å². The minimum Gasteiger partial charge on any atom is -0.315 e. The first-order valence-corrected chi connectivity index (χ1v) is 7.23. The van der Waals surface area contributed by atoms with Gasteiger partial charge in [0, 0.05) is 23.5 Å². The van der Waals surface area contributed by atoms with Gasteiger partial charge in [0.1, 0.15) is 0 Å². The highest BCUT2D eigenvalue weighted by molar-refractivity contribution is 7.10. The van der Waals surface area contributed by atoms with Crippen molar-refractivity contribution < 1.29 is 0 Å². The van der Waals surface area contributed by atoms with Crippen molar-refractivity contribution in [3.63, 3.8) is 0 Å². The summed E-state index contributed by atoms with van der Waals surface area (Å²) in [5.74, 6) is 0. The summed E-state index contributed by atoms with van der Waals surface area (Å²) in [5.41, 5.74) is 1.62. The number of thiophene rings is 1. The highest BCUT2D eigenvalue weighted by Crippen LogP contribution is 2.37. The van der Waals surface area contributed by atoms with E-state index in [4.69, 9.17) is 0 Å². The number of fused-ring (bicyclic) bond motifs is 1. The molecule has 1 fully saturated rings. The molecule has 0 amide bonds. The SMILES string of the molecule is CN(C1CCNC1)C1CCCc2sccc21. The van der Waals surface area contributed by atoms with Crippen LogP contribution in [-0.2, 0) is 6.42 Å². The monoisotopic (exact) mass is 236 g/mol. The number of hydrogen-bond acceptors (Lipinski definition) is 3. The molecule has 0 saturated carbocycles. The van der Waals surface area contributed by atoms with Gasteiger partial charge >= 0.3 is 0 Å². The van der Waals surface area contributed by atoms with Crippen molar-refractivity contribution in [3.8, 4) is 0 Å². The summed E-state index contributed by atoms with van der Waals surface area (Å²) < 4.78 is 0. The van der Waals surface area contributed by atoms with Gasteiger partial charge in [-0.2, -0.15) is 0 Å². The maximum Gasteiger partial charge on any atom is 0.0359 e. The molecule has 1 aromatic heterocycles. The van der Waals surface area contributed by atoms with Gasteiger partial charge in [-0.1, -0.05) is 0 Å². The van der Waals surface area contributed by atoms with E-state index >= 15 is 0 Å². The van der Waals surface area contributed by atoms with Gasteiger partial charge in [-0.3, -0.25) is 4.90 Å². The zero-order valence-corrected chi connectivity index (χ0v) is 10.7. The summed E-state index contributed by atoms with van der Waals surface area (Å²) in [5, 5.41) is 5.74. The van der Waals surface area contributed by atoms with E-state index in [9.17, 15) is 0 Å². The number of nitrogens with zero attached hydrogens (tertiary/aromatic N) is 1. The quantitative estimate of drug-likeness (QED) is 0.848. The highest BCUT2D eigenvalue weighted by atomic mass is 32.1. The van der Waals surface area contributed by atoms with Crippen LogP contribution in [-0.4, -0.2) is 31.1 Å². The molecule has 1 aliphatic carbocycles. The number of rotatable bonds is 2. The third-order valence-corrected chi connectivity index (χ3v) is 5.12. The van der Waals surface area contributed by atoms with E-state index in [1.165, 1.54) is 38.8 Å². The summed E-state index contributed by atoms with van der Waals surface area (Å²) in [7, 11) is 2.31. The molecule has 0 spiro atoms. The fraction of sp³-hybridized carbons (Fsp3) is 0.692. The van der Waals surface area contributed by atoms with E-state index in [-0.39, 0.29) is 0 Å². The first kappa shape index (κ1) is 10.8. The normalized spacial score (nSPS) is 29.6. The van der Waals surface area contributed by atoms with Gasteiger partial charge in [0.25, 0.3) is 0 Å². The Morgan fingerprint density at radius 2 is 2.38 bits per heavy atom. The molecule has 0 bridgehead atoms. The molecule has 2 unspecified atom stereocenters. The van der Waals surface area contributed by atoms with Gasteiger partial charge in [-0.15, -0.1) is 11.3 Å². The molecule has 2 aliphatic rings. The minimum atomic E-state index is 0.680. The number of hydrogen-bond donors (Lipinski definition) is 1. The van der Waals surface area contributed by atoms with Crippen molar-refractivity contribution in [3.05, 3.63) is 21.9 Å². The van der Waals surface area contributed by atoms with Gasteiger partial charge in [0.15, 0.2) is 0 Å². The lowest BCUT2D eigenvalue weighted by Gasteiger charge is -2.35. The molecule has 1 aromatic rings. The van der Waals surface area contributed by atoms with Crippen LogP contribution in [0, 0.1) is 0 Å². The van der Waals surface area contributed by atoms with Crippen LogP contribution in [0.1, 0.15) is 35.7 Å². The molecule has 3 heteroatoms. The molecule has 1 N–H and O–H groups in total. The van der Waals surface area contributed by atoms with Crippen molar-refractivity contribution in [2.75, 3.05) is 20.1 Å². The summed E-state index contributed by atoms with van der Waals surface area (Å²) in [6.07, 6.45) is 5.33. The molecule has 2 nitrogen and oxygen atoms in total. The van der Waals surface area contributed by atoms with Crippen LogP contribution in [0.4, 0.5) is 0 Å². The number of likely N-dealkylation sites (N-methyl/N-ethyl adjacent to an activating group) is 1. The zero-order valence-electron chi connectivity index (χ0n) is 9.91. The van der Waals surface area contributed by atoms with Crippen LogP contribution in [0.25, 0.3) is 0 Å². The van der Waals surface area contributed by atoms with Gasteiger partial charge < -0.3 is 5.32 Å². The van der Waals surface area contributed by atoms with Gasteiger partial charge in [-0.25, -0.2) is 0 Å². The topological polar surface area (TPSA) is 15.3 Å². The highest BCUT2D eigenvalue weighted by Gasteiger charge is 2.30. The zero-order chi connectivity index (χ0) is 11.0. The summed E-state index contributed by atoms with van der Waals surface area (Å²) >= 11 is 1.95. The minimum absolute atomic E-state index is 0.680. The lowest BCUT2D eigenvalue weighted by molar-refractivity contribution is 0.168.